The van der Waals surface area contributed by atoms with Crippen LogP contribution in [0.1, 0.15) is 64.3 Å². The van der Waals surface area contributed by atoms with Crippen molar-refractivity contribution in [2.24, 2.45) is 0 Å². The van der Waals surface area contributed by atoms with Crippen LogP contribution in [-0.2, 0) is 16.0 Å². The summed E-state index contributed by atoms with van der Waals surface area (Å²) in [6, 6.07) is 13.6. The van der Waals surface area contributed by atoms with Crippen molar-refractivity contribution in [1.82, 2.24) is 14.3 Å². The van der Waals surface area contributed by atoms with Crippen LogP contribution in [0.15, 0.2) is 60.4 Å². The minimum absolute atomic E-state index is 0.0115. The van der Waals surface area contributed by atoms with Gasteiger partial charge in [-0.2, -0.15) is 0 Å². The summed E-state index contributed by atoms with van der Waals surface area (Å²) in [5, 5.41) is 0. The average molecular weight is 538 g/mol. The predicted octanol–water partition coefficient (Wildman–Crippen LogP) is 5.73. The molecule has 3 aliphatic rings. The molecule has 0 N–H and O–H groups in total. The molecule has 1 aliphatic carbocycles. The van der Waals surface area contributed by atoms with Crippen LogP contribution in [0, 0.1) is 5.82 Å². The van der Waals surface area contributed by atoms with Gasteiger partial charge in [0, 0.05) is 30.1 Å². The highest BCUT2D eigenvalue weighted by Gasteiger charge is 2.32. The topological polar surface area (TPSA) is 73.1 Å². The summed E-state index contributed by atoms with van der Waals surface area (Å²) in [6.45, 7) is 2.67. The molecule has 7 nitrogen and oxygen atoms in total. The minimum atomic E-state index is -0.536. The van der Waals surface area contributed by atoms with Crippen LogP contribution in [0.3, 0.4) is 0 Å². The van der Waals surface area contributed by atoms with Crippen LogP contribution in [0.25, 0.3) is 23.0 Å². The highest BCUT2D eigenvalue weighted by atomic mass is 19.1. The Hall–Kier alpha value is -4.46. The fourth-order valence-corrected chi connectivity index (χ4v) is 5.94. The molecule has 4 heterocycles. The van der Waals surface area contributed by atoms with Gasteiger partial charge in [-0.15, -0.1) is 0 Å². The number of imidazole rings is 1. The van der Waals surface area contributed by atoms with E-state index in [0.717, 1.165) is 30.5 Å². The van der Waals surface area contributed by atoms with Crippen molar-refractivity contribution >= 4 is 23.6 Å². The van der Waals surface area contributed by atoms with Gasteiger partial charge in [0.15, 0.2) is 11.6 Å². The van der Waals surface area contributed by atoms with E-state index in [1.807, 2.05) is 33.7 Å². The van der Waals surface area contributed by atoms with E-state index < -0.39 is 11.8 Å². The second-order valence-electron chi connectivity index (χ2n) is 10.7. The molecular weight excluding hydrogens is 509 g/mol. The third-order valence-corrected chi connectivity index (χ3v) is 8.25. The fraction of sp³-hybridized carbons (Fsp3) is 0.281. The van der Waals surface area contributed by atoms with E-state index in [9.17, 15) is 9.59 Å². The lowest BCUT2D eigenvalue weighted by molar-refractivity contribution is -0.136. The first-order valence-electron chi connectivity index (χ1n) is 13.6. The minimum Gasteiger partial charge on any atom is -0.485 e. The molecule has 2 aromatic heterocycles. The van der Waals surface area contributed by atoms with E-state index in [4.69, 9.17) is 14.5 Å². The molecule has 8 heteroatoms. The maximum Gasteiger partial charge on any atom is 0.337 e. The Morgan fingerprint density at radius 3 is 2.73 bits per heavy atom. The lowest BCUT2D eigenvalue weighted by Gasteiger charge is -2.35. The van der Waals surface area contributed by atoms with Crippen LogP contribution >= 0.6 is 0 Å². The zero-order chi connectivity index (χ0) is 27.5. The van der Waals surface area contributed by atoms with Crippen molar-refractivity contribution in [3.05, 3.63) is 94.1 Å². The standard InChI is InChI=1S/C32H28FN3O4/c1-18-24-6-4-3-5-19(24)11-12-36(18)31(37)22-14-26(20-7-8-20)30-34-27(16-35(30)15-22)25-10-9-21-13-23(32(38)39-2)17-40-29(21)28(25)33/h3-6,9-10,13-16,18,20H,7-8,11-12,17H2,1-2H3/t18-/m1/s1. The number of aromatic nitrogens is 2. The summed E-state index contributed by atoms with van der Waals surface area (Å²) in [6.07, 6.45) is 8.08. The molecule has 0 radical (unpaired) electrons. The molecule has 40 heavy (non-hydrogen) atoms. The molecule has 0 saturated heterocycles. The number of rotatable bonds is 4. The number of pyridine rings is 1. The van der Waals surface area contributed by atoms with E-state index in [-0.39, 0.29) is 24.3 Å². The molecule has 4 aromatic rings. The number of ether oxygens (including phenoxy) is 2. The molecule has 2 aliphatic heterocycles. The molecule has 202 valence electrons. The Labute approximate surface area is 230 Å². The predicted molar refractivity (Wildman–Crippen MR) is 148 cm³/mol. The number of hydrogen-bond donors (Lipinski definition) is 0. The zero-order valence-electron chi connectivity index (χ0n) is 22.3. The number of fused-ring (bicyclic) bond motifs is 3. The molecule has 0 spiro atoms. The van der Waals surface area contributed by atoms with Gasteiger partial charge < -0.3 is 18.8 Å². The smallest absolute Gasteiger partial charge is 0.337 e. The van der Waals surface area contributed by atoms with E-state index in [1.165, 1.54) is 18.2 Å². The number of methoxy groups -OCH3 is 1. The SMILES string of the molecule is COC(=O)C1=Cc2ccc(-c3cn4cc(C(=O)N5CCc6ccccc6[C@H]5C)cc(C5CC5)c4n3)c(F)c2OC1. The quantitative estimate of drug-likeness (QED) is 0.311. The number of benzene rings is 2. The molecule has 7 rings (SSSR count). The Morgan fingerprint density at radius 1 is 1.10 bits per heavy atom. The average Bonchev–Trinajstić information content (AvgIpc) is 3.74. The van der Waals surface area contributed by atoms with Gasteiger partial charge >= 0.3 is 5.97 Å². The van der Waals surface area contributed by atoms with Gasteiger partial charge in [-0.05, 0) is 67.0 Å². The molecular formula is C32H28FN3O4. The molecule has 1 atom stereocenters. The number of esters is 1. The third kappa shape index (κ3) is 3.97. The highest BCUT2D eigenvalue weighted by Crippen LogP contribution is 2.43. The number of carbonyl (C=O) groups excluding carboxylic acids is 2. The first kappa shape index (κ1) is 24.6. The molecule has 0 unspecified atom stereocenters. The Balaban J connectivity index is 1.26. The lowest BCUT2D eigenvalue weighted by atomic mass is 9.93. The van der Waals surface area contributed by atoms with Crippen LogP contribution in [-0.4, -0.2) is 46.4 Å². The molecule has 2 aromatic carbocycles. The summed E-state index contributed by atoms with van der Waals surface area (Å²) < 4.78 is 27.9. The van der Waals surface area contributed by atoms with Crippen LogP contribution < -0.4 is 4.74 Å². The van der Waals surface area contributed by atoms with Gasteiger partial charge in [-0.3, -0.25) is 4.79 Å². The van der Waals surface area contributed by atoms with Crippen LogP contribution in [0.2, 0.25) is 0 Å². The molecule has 0 bridgehead atoms. The summed E-state index contributed by atoms with van der Waals surface area (Å²) in [5.41, 5.74) is 6.40. The van der Waals surface area contributed by atoms with Crippen molar-refractivity contribution in [2.75, 3.05) is 20.3 Å². The summed E-state index contributed by atoms with van der Waals surface area (Å²) >= 11 is 0. The first-order chi connectivity index (χ1) is 19.4. The van der Waals surface area contributed by atoms with Gasteiger partial charge in [0.25, 0.3) is 5.91 Å². The normalized spacial score (nSPS) is 18.0. The van der Waals surface area contributed by atoms with Crippen LogP contribution in [0.4, 0.5) is 4.39 Å². The van der Waals surface area contributed by atoms with Crippen LogP contribution in [0.5, 0.6) is 5.75 Å². The second-order valence-corrected chi connectivity index (χ2v) is 10.7. The van der Waals surface area contributed by atoms with Gasteiger partial charge in [-0.1, -0.05) is 30.3 Å². The van der Waals surface area contributed by atoms with Crippen molar-refractivity contribution in [1.29, 1.82) is 0 Å². The third-order valence-electron chi connectivity index (χ3n) is 8.25. The monoisotopic (exact) mass is 537 g/mol. The molecule has 1 saturated carbocycles. The molecule has 1 amide bonds. The van der Waals surface area contributed by atoms with Gasteiger partial charge in [0.05, 0.1) is 30.0 Å². The van der Waals surface area contributed by atoms with Crippen molar-refractivity contribution in [2.45, 2.75) is 38.1 Å². The Bertz CT molecular complexity index is 1740. The number of hydrogen-bond acceptors (Lipinski definition) is 5. The summed E-state index contributed by atoms with van der Waals surface area (Å²) in [4.78, 5) is 32.5. The Morgan fingerprint density at radius 2 is 1.93 bits per heavy atom. The zero-order valence-corrected chi connectivity index (χ0v) is 22.3. The van der Waals surface area contributed by atoms with Gasteiger partial charge in [0.1, 0.15) is 12.3 Å². The van der Waals surface area contributed by atoms with Gasteiger partial charge in [-0.25, -0.2) is 14.2 Å². The molecule has 1 fully saturated rings. The summed E-state index contributed by atoms with van der Waals surface area (Å²) in [5.74, 6) is -0.631. The van der Waals surface area contributed by atoms with E-state index in [2.05, 4.69) is 19.1 Å². The fourth-order valence-electron chi connectivity index (χ4n) is 5.94. The Kier molecular flexibility index (Phi) is 5.73. The van der Waals surface area contributed by atoms with E-state index in [0.29, 0.717) is 40.4 Å². The maximum atomic E-state index is 15.7. The van der Waals surface area contributed by atoms with Crippen molar-refractivity contribution in [3.8, 4) is 17.0 Å². The number of carbonyl (C=O) groups is 2. The number of nitrogens with zero attached hydrogens (tertiary/aromatic N) is 3. The number of halogens is 1. The highest BCUT2D eigenvalue weighted by molar-refractivity contribution is 5.96. The second kappa shape index (κ2) is 9.33. The van der Waals surface area contributed by atoms with E-state index >= 15 is 4.39 Å². The van der Waals surface area contributed by atoms with Gasteiger partial charge in [0.2, 0.25) is 0 Å². The largest absolute Gasteiger partial charge is 0.485 e. The maximum absolute atomic E-state index is 15.7. The van der Waals surface area contributed by atoms with Crippen molar-refractivity contribution in [3.63, 3.8) is 0 Å². The van der Waals surface area contributed by atoms with Crippen molar-refractivity contribution < 1.29 is 23.5 Å². The van der Waals surface area contributed by atoms with E-state index in [1.54, 1.807) is 24.4 Å². The number of amides is 1. The summed E-state index contributed by atoms with van der Waals surface area (Å²) in [7, 11) is 1.30. The first-order valence-corrected chi connectivity index (χ1v) is 13.6. The lowest BCUT2D eigenvalue weighted by Crippen LogP contribution is -2.39.